The Kier molecular flexibility index (Phi) is 5.80. The average Bonchev–Trinajstić information content (AvgIpc) is 3.14. The normalized spacial score (nSPS) is 23.4. The average molecular weight is 366 g/mol. The van der Waals surface area contributed by atoms with Gasteiger partial charge in [0.05, 0.1) is 5.75 Å². The van der Waals surface area contributed by atoms with Crippen LogP contribution in [0.25, 0.3) is 0 Å². The van der Waals surface area contributed by atoms with Gasteiger partial charge >= 0.3 is 6.03 Å². The van der Waals surface area contributed by atoms with Crippen LogP contribution in [0.1, 0.15) is 6.92 Å². The first kappa shape index (κ1) is 18.0. The van der Waals surface area contributed by atoms with E-state index in [-0.39, 0.29) is 11.8 Å². The van der Waals surface area contributed by atoms with Crippen LogP contribution >= 0.6 is 0 Å². The van der Waals surface area contributed by atoms with Crippen LogP contribution in [-0.4, -0.2) is 64.7 Å². The van der Waals surface area contributed by atoms with Crippen molar-refractivity contribution in [1.82, 2.24) is 10.2 Å². The molecule has 2 saturated heterocycles. The number of rotatable bonds is 6. The number of carbonyl (C=O) groups is 1. The number of hydrogen-bond donors (Lipinski definition) is 3. The van der Waals surface area contributed by atoms with Crippen LogP contribution in [0.3, 0.4) is 0 Å². The van der Waals surface area contributed by atoms with Crippen LogP contribution in [0.2, 0.25) is 0 Å². The Bertz CT molecular complexity index is 611. The van der Waals surface area contributed by atoms with Crippen molar-refractivity contribution in [2.45, 2.75) is 6.92 Å². The standard InChI is InChI=1S/C17H26N4O3S/c1-2-18-17(22)21-11-13-9-20(10-14(13)12-21)16-5-3-15(4-6-16)19-7-8-25(23)24/h3-6,13-14,19H,2,7-12H2,1H3,(H,18,22)(H,23,24)/t13-,14+. The molecule has 2 amide bonds. The molecule has 7 nitrogen and oxygen atoms in total. The summed E-state index contributed by atoms with van der Waals surface area (Å²) in [4.78, 5) is 16.3. The van der Waals surface area contributed by atoms with Gasteiger partial charge in [0.25, 0.3) is 0 Å². The fraction of sp³-hybridized carbons (Fsp3) is 0.588. The van der Waals surface area contributed by atoms with Gasteiger partial charge in [-0.2, -0.15) is 0 Å². The minimum Gasteiger partial charge on any atom is -0.384 e. The van der Waals surface area contributed by atoms with Crippen LogP contribution in [0.15, 0.2) is 24.3 Å². The third-order valence-corrected chi connectivity index (χ3v) is 5.49. The van der Waals surface area contributed by atoms with Gasteiger partial charge in [0, 0.05) is 62.5 Å². The van der Waals surface area contributed by atoms with E-state index in [1.807, 2.05) is 24.0 Å². The van der Waals surface area contributed by atoms with E-state index in [9.17, 15) is 9.00 Å². The van der Waals surface area contributed by atoms with Crippen LogP contribution in [-0.2, 0) is 11.1 Å². The molecular formula is C17H26N4O3S. The van der Waals surface area contributed by atoms with Crippen molar-refractivity contribution >= 4 is 28.5 Å². The number of amides is 2. The van der Waals surface area contributed by atoms with Crippen LogP contribution < -0.4 is 15.5 Å². The fourth-order valence-corrected chi connectivity index (χ4v) is 3.98. The maximum absolute atomic E-state index is 12.0. The summed E-state index contributed by atoms with van der Waals surface area (Å²) < 4.78 is 19.4. The molecule has 1 unspecified atom stereocenters. The van der Waals surface area contributed by atoms with E-state index in [0.717, 1.165) is 31.9 Å². The second-order valence-corrected chi connectivity index (χ2v) is 7.72. The lowest BCUT2D eigenvalue weighted by Crippen LogP contribution is -2.40. The topological polar surface area (TPSA) is 84.9 Å². The summed E-state index contributed by atoms with van der Waals surface area (Å²) in [5.74, 6) is 1.30. The largest absolute Gasteiger partial charge is 0.384 e. The van der Waals surface area contributed by atoms with E-state index in [4.69, 9.17) is 4.55 Å². The number of fused-ring (bicyclic) bond motifs is 1. The molecule has 0 radical (unpaired) electrons. The first-order valence-corrected chi connectivity index (χ1v) is 10.0. The van der Waals surface area contributed by atoms with Gasteiger partial charge in [-0.25, -0.2) is 9.00 Å². The van der Waals surface area contributed by atoms with Crippen molar-refractivity contribution in [2.75, 3.05) is 55.2 Å². The second kappa shape index (κ2) is 8.05. The van der Waals surface area contributed by atoms with Crippen molar-refractivity contribution in [3.63, 3.8) is 0 Å². The lowest BCUT2D eigenvalue weighted by atomic mass is 10.0. The number of nitrogens with one attached hydrogen (secondary N) is 2. The Morgan fingerprint density at radius 3 is 2.40 bits per heavy atom. The molecule has 138 valence electrons. The lowest BCUT2D eigenvalue weighted by molar-refractivity contribution is 0.206. The molecule has 2 fully saturated rings. The van der Waals surface area contributed by atoms with Crippen LogP contribution in [0.5, 0.6) is 0 Å². The number of nitrogens with zero attached hydrogens (tertiary/aromatic N) is 2. The number of likely N-dealkylation sites (tertiary alicyclic amines) is 1. The molecule has 0 aliphatic carbocycles. The van der Waals surface area contributed by atoms with Gasteiger partial charge in [0.1, 0.15) is 0 Å². The zero-order valence-corrected chi connectivity index (χ0v) is 15.3. The highest BCUT2D eigenvalue weighted by molar-refractivity contribution is 7.79. The highest BCUT2D eigenvalue weighted by Crippen LogP contribution is 2.34. The molecule has 8 heteroatoms. The third kappa shape index (κ3) is 4.43. The maximum Gasteiger partial charge on any atom is 0.317 e. The first-order chi connectivity index (χ1) is 12.1. The van der Waals surface area contributed by atoms with E-state index in [0.29, 0.717) is 24.9 Å². The second-order valence-electron chi connectivity index (χ2n) is 6.66. The quantitative estimate of drug-likeness (QED) is 0.663. The molecule has 2 heterocycles. The van der Waals surface area contributed by atoms with Crippen molar-refractivity contribution in [2.24, 2.45) is 11.8 Å². The Hall–Kier alpha value is -1.80. The van der Waals surface area contributed by atoms with Crippen LogP contribution in [0.4, 0.5) is 16.2 Å². The smallest absolute Gasteiger partial charge is 0.317 e. The van der Waals surface area contributed by atoms with Crippen molar-refractivity contribution in [3.8, 4) is 0 Å². The van der Waals surface area contributed by atoms with Gasteiger partial charge in [-0.15, -0.1) is 0 Å². The van der Waals surface area contributed by atoms with Gasteiger partial charge < -0.3 is 25.0 Å². The number of anilines is 2. The predicted octanol–water partition coefficient (Wildman–Crippen LogP) is 1.42. The predicted molar refractivity (Wildman–Crippen MR) is 100 cm³/mol. The van der Waals surface area contributed by atoms with E-state index in [1.165, 1.54) is 5.69 Å². The van der Waals surface area contributed by atoms with Crippen molar-refractivity contribution in [1.29, 1.82) is 0 Å². The van der Waals surface area contributed by atoms with E-state index in [1.54, 1.807) is 0 Å². The van der Waals surface area contributed by atoms with Crippen molar-refractivity contribution in [3.05, 3.63) is 24.3 Å². The summed E-state index contributed by atoms with van der Waals surface area (Å²) in [6.45, 7) is 6.74. The van der Waals surface area contributed by atoms with Gasteiger partial charge in [0.2, 0.25) is 0 Å². The Balaban J connectivity index is 1.50. The summed E-state index contributed by atoms with van der Waals surface area (Å²) in [6.07, 6.45) is 0. The number of urea groups is 1. The van der Waals surface area contributed by atoms with E-state index >= 15 is 0 Å². The Morgan fingerprint density at radius 2 is 1.84 bits per heavy atom. The SMILES string of the molecule is CCNC(=O)N1C[C@@H]2CN(c3ccc(NCCS(=O)O)cc3)C[C@@H]2C1. The summed E-state index contributed by atoms with van der Waals surface area (Å²) in [6, 6.07) is 8.24. The molecule has 2 aliphatic rings. The van der Waals surface area contributed by atoms with Crippen molar-refractivity contribution < 1.29 is 13.6 Å². The summed E-state index contributed by atoms with van der Waals surface area (Å²) >= 11 is -1.76. The molecule has 1 aromatic rings. The lowest BCUT2D eigenvalue weighted by Gasteiger charge is -2.23. The Labute approximate surface area is 151 Å². The van der Waals surface area contributed by atoms with Gasteiger partial charge in [0.15, 0.2) is 11.1 Å². The highest BCUT2D eigenvalue weighted by Gasteiger charge is 2.41. The molecule has 3 rings (SSSR count). The molecule has 3 N–H and O–H groups in total. The highest BCUT2D eigenvalue weighted by atomic mass is 32.2. The number of carbonyl (C=O) groups excluding carboxylic acids is 1. The molecule has 1 aromatic carbocycles. The molecule has 0 aromatic heterocycles. The van der Waals surface area contributed by atoms with E-state index < -0.39 is 11.1 Å². The molecule has 3 atom stereocenters. The summed E-state index contributed by atoms with van der Waals surface area (Å²) in [5.41, 5.74) is 2.14. The fourth-order valence-electron chi connectivity index (χ4n) is 3.71. The molecule has 0 spiro atoms. The van der Waals surface area contributed by atoms with Crippen LogP contribution in [0, 0.1) is 11.8 Å². The molecular weight excluding hydrogens is 340 g/mol. The summed E-state index contributed by atoms with van der Waals surface area (Å²) in [5, 5.41) is 6.02. The summed E-state index contributed by atoms with van der Waals surface area (Å²) in [7, 11) is 0. The zero-order chi connectivity index (χ0) is 17.8. The molecule has 25 heavy (non-hydrogen) atoms. The molecule has 0 bridgehead atoms. The molecule has 0 saturated carbocycles. The maximum atomic E-state index is 12.0. The Morgan fingerprint density at radius 1 is 1.20 bits per heavy atom. The monoisotopic (exact) mass is 366 g/mol. The van der Waals surface area contributed by atoms with E-state index in [2.05, 4.69) is 27.7 Å². The minimum absolute atomic E-state index is 0.0580. The van der Waals surface area contributed by atoms with Gasteiger partial charge in [-0.1, -0.05) is 0 Å². The first-order valence-electron chi connectivity index (χ1n) is 8.76. The molecule has 2 aliphatic heterocycles. The zero-order valence-electron chi connectivity index (χ0n) is 14.5. The number of benzene rings is 1. The minimum atomic E-state index is -1.76. The third-order valence-electron chi connectivity index (χ3n) is 4.94. The van der Waals surface area contributed by atoms with Gasteiger partial charge in [-0.05, 0) is 31.2 Å². The number of hydrogen-bond acceptors (Lipinski definition) is 4. The van der Waals surface area contributed by atoms with Gasteiger partial charge in [-0.3, -0.25) is 0 Å².